The maximum atomic E-state index is 5.86. The summed E-state index contributed by atoms with van der Waals surface area (Å²) < 4.78 is 5.86. The number of rotatable bonds is 5. The molecule has 0 aromatic heterocycles. The van der Waals surface area contributed by atoms with Crippen molar-refractivity contribution in [1.82, 2.24) is 0 Å². The van der Waals surface area contributed by atoms with Gasteiger partial charge in [0.15, 0.2) is 0 Å². The van der Waals surface area contributed by atoms with E-state index in [0.29, 0.717) is 0 Å². The van der Waals surface area contributed by atoms with E-state index >= 15 is 0 Å². The minimum Gasteiger partial charge on any atom is -0.493 e. The number of ether oxygens (including phenoxy) is 1. The highest BCUT2D eigenvalue weighted by Crippen LogP contribution is 2.32. The molecule has 94 valence electrons. The second kappa shape index (κ2) is 6.06. The highest BCUT2D eigenvalue weighted by Gasteiger charge is 2.17. The molecule has 2 nitrogen and oxygen atoms in total. The number of benzene rings is 1. The minimum absolute atomic E-state index is 0.738. The van der Waals surface area contributed by atoms with Gasteiger partial charge in [0.1, 0.15) is 5.75 Å². The molecule has 2 heteroatoms. The van der Waals surface area contributed by atoms with E-state index in [2.05, 4.69) is 19.1 Å². The molecule has 0 spiro atoms. The van der Waals surface area contributed by atoms with Crippen LogP contribution in [0, 0.1) is 0 Å². The topological polar surface area (TPSA) is 35.2 Å². The maximum absolute atomic E-state index is 5.86. The molecule has 0 unspecified atom stereocenters. The van der Waals surface area contributed by atoms with Crippen LogP contribution in [0.15, 0.2) is 12.1 Å². The zero-order valence-electron chi connectivity index (χ0n) is 10.8. The third-order valence-electron chi connectivity index (χ3n) is 3.46. The van der Waals surface area contributed by atoms with Gasteiger partial charge in [-0.25, -0.2) is 0 Å². The van der Waals surface area contributed by atoms with Crippen molar-refractivity contribution in [3.8, 4) is 5.75 Å². The molecule has 2 rings (SSSR count). The first-order chi connectivity index (χ1) is 8.36. The predicted octanol–water partition coefficient (Wildman–Crippen LogP) is 2.86. The molecule has 1 aromatic rings. The summed E-state index contributed by atoms with van der Waals surface area (Å²) in [7, 11) is 0. The highest BCUT2D eigenvalue weighted by molar-refractivity contribution is 5.46. The van der Waals surface area contributed by atoms with E-state index in [-0.39, 0.29) is 0 Å². The third kappa shape index (κ3) is 2.81. The smallest absolute Gasteiger partial charge is 0.122 e. The Labute approximate surface area is 104 Å². The van der Waals surface area contributed by atoms with Crippen LogP contribution in [0.2, 0.25) is 0 Å². The number of hydrogen-bond acceptors (Lipinski definition) is 2. The molecule has 0 aliphatic heterocycles. The van der Waals surface area contributed by atoms with E-state index in [1.165, 1.54) is 42.4 Å². The van der Waals surface area contributed by atoms with E-state index in [1.807, 2.05) is 0 Å². The van der Waals surface area contributed by atoms with E-state index in [4.69, 9.17) is 10.5 Å². The van der Waals surface area contributed by atoms with Crippen molar-refractivity contribution in [1.29, 1.82) is 0 Å². The van der Waals surface area contributed by atoms with Crippen LogP contribution in [0.1, 0.15) is 42.9 Å². The number of hydrogen-bond donors (Lipinski definition) is 1. The molecule has 0 saturated heterocycles. The van der Waals surface area contributed by atoms with Gasteiger partial charge in [-0.1, -0.05) is 13.0 Å². The van der Waals surface area contributed by atoms with Gasteiger partial charge >= 0.3 is 0 Å². The quantitative estimate of drug-likeness (QED) is 0.848. The van der Waals surface area contributed by atoms with Gasteiger partial charge in [0, 0.05) is 0 Å². The Morgan fingerprint density at radius 3 is 2.65 bits per heavy atom. The Balaban J connectivity index is 2.29. The summed E-state index contributed by atoms with van der Waals surface area (Å²) in [5.74, 6) is 1.11. The molecule has 0 atom stereocenters. The van der Waals surface area contributed by atoms with E-state index in [9.17, 15) is 0 Å². The van der Waals surface area contributed by atoms with Crippen molar-refractivity contribution in [3.63, 3.8) is 0 Å². The second-order valence-electron chi connectivity index (χ2n) is 4.77. The lowest BCUT2D eigenvalue weighted by molar-refractivity contribution is 0.312. The first-order valence-electron chi connectivity index (χ1n) is 6.83. The van der Waals surface area contributed by atoms with Crippen LogP contribution in [-0.2, 0) is 19.3 Å². The summed E-state index contributed by atoms with van der Waals surface area (Å²) in [4.78, 5) is 0. The van der Waals surface area contributed by atoms with Gasteiger partial charge in [-0.2, -0.15) is 0 Å². The van der Waals surface area contributed by atoms with Crippen LogP contribution in [0.3, 0.4) is 0 Å². The van der Waals surface area contributed by atoms with Crippen molar-refractivity contribution < 1.29 is 4.74 Å². The Hall–Kier alpha value is -1.02. The molecule has 1 aromatic carbocycles. The SMILES string of the molecule is CCCOc1ccc(CCN)c2c1CCCC2. The minimum atomic E-state index is 0.738. The van der Waals surface area contributed by atoms with Crippen molar-refractivity contribution in [2.45, 2.75) is 45.4 Å². The van der Waals surface area contributed by atoms with Gasteiger partial charge < -0.3 is 10.5 Å². The number of fused-ring (bicyclic) bond motifs is 1. The number of nitrogens with two attached hydrogens (primary N) is 1. The summed E-state index contributed by atoms with van der Waals surface area (Å²) in [6.07, 6.45) is 7.04. The highest BCUT2D eigenvalue weighted by atomic mass is 16.5. The fraction of sp³-hybridized carbons (Fsp3) is 0.600. The van der Waals surface area contributed by atoms with Gasteiger partial charge in [0.05, 0.1) is 6.61 Å². The molecule has 0 bridgehead atoms. The zero-order chi connectivity index (χ0) is 12.1. The Kier molecular flexibility index (Phi) is 4.43. The average molecular weight is 233 g/mol. The van der Waals surface area contributed by atoms with Gasteiger partial charge in [-0.3, -0.25) is 0 Å². The normalized spacial score (nSPS) is 14.5. The Morgan fingerprint density at radius 2 is 1.94 bits per heavy atom. The first-order valence-corrected chi connectivity index (χ1v) is 6.83. The van der Waals surface area contributed by atoms with Crippen LogP contribution in [-0.4, -0.2) is 13.2 Å². The summed E-state index contributed by atoms with van der Waals surface area (Å²) in [5.41, 5.74) is 10.1. The largest absolute Gasteiger partial charge is 0.493 e. The van der Waals surface area contributed by atoms with E-state index in [1.54, 1.807) is 0 Å². The summed E-state index contributed by atoms with van der Waals surface area (Å²) in [6, 6.07) is 4.35. The molecular weight excluding hydrogens is 210 g/mol. The fourth-order valence-corrected chi connectivity index (χ4v) is 2.65. The fourth-order valence-electron chi connectivity index (χ4n) is 2.65. The maximum Gasteiger partial charge on any atom is 0.122 e. The van der Waals surface area contributed by atoms with Crippen LogP contribution in [0.25, 0.3) is 0 Å². The molecule has 0 heterocycles. The Morgan fingerprint density at radius 1 is 1.18 bits per heavy atom. The molecule has 0 saturated carbocycles. The monoisotopic (exact) mass is 233 g/mol. The molecular formula is C15H23NO. The van der Waals surface area contributed by atoms with Gasteiger partial charge in [-0.15, -0.1) is 0 Å². The third-order valence-corrected chi connectivity index (χ3v) is 3.46. The van der Waals surface area contributed by atoms with Gasteiger partial charge in [0.2, 0.25) is 0 Å². The molecule has 2 N–H and O–H groups in total. The van der Waals surface area contributed by atoms with Crippen LogP contribution >= 0.6 is 0 Å². The van der Waals surface area contributed by atoms with E-state index in [0.717, 1.165) is 31.7 Å². The van der Waals surface area contributed by atoms with Gasteiger partial charge in [-0.05, 0) is 67.8 Å². The molecule has 1 aliphatic carbocycles. The Bertz CT molecular complexity index is 373. The average Bonchev–Trinajstić information content (AvgIpc) is 2.38. The summed E-state index contributed by atoms with van der Waals surface area (Å²) >= 11 is 0. The van der Waals surface area contributed by atoms with E-state index < -0.39 is 0 Å². The lowest BCUT2D eigenvalue weighted by Gasteiger charge is -2.22. The lowest BCUT2D eigenvalue weighted by atomic mass is 9.86. The second-order valence-corrected chi connectivity index (χ2v) is 4.77. The standard InChI is InChI=1S/C15H23NO/c1-2-11-17-15-8-7-12(9-10-16)13-5-3-4-6-14(13)15/h7-8H,2-6,9-11,16H2,1H3. The summed E-state index contributed by atoms with van der Waals surface area (Å²) in [5, 5.41) is 0. The van der Waals surface area contributed by atoms with Crippen LogP contribution in [0.5, 0.6) is 5.75 Å². The van der Waals surface area contributed by atoms with Crippen molar-refractivity contribution in [2.24, 2.45) is 5.73 Å². The molecule has 1 aliphatic rings. The van der Waals surface area contributed by atoms with Crippen molar-refractivity contribution in [2.75, 3.05) is 13.2 Å². The van der Waals surface area contributed by atoms with Crippen LogP contribution < -0.4 is 10.5 Å². The first kappa shape index (κ1) is 12.4. The molecule has 0 fully saturated rings. The van der Waals surface area contributed by atoms with Crippen molar-refractivity contribution >= 4 is 0 Å². The zero-order valence-corrected chi connectivity index (χ0v) is 10.8. The van der Waals surface area contributed by atoms with Crippen LogP contribution in [0.4, 0.5) is 0 Å². The molecule has 17 heavy (non-hydrogen) atoms. The molecule has 0 amide bonds. The summed E-state index contributed by atoms with van der Waals surface area (Å²) in [6.45, 7) is 3.71. The van der Waals surface area contributed by atoms with Crippen molar-refractivity contribution in [3.05, 3.63) is 28.8 Å². The molecule has 0 radical (unpaired) electrons. The predicted molar refractivity (Wildman–Crippen MR) is 71.6 cm³/mol. The lowest BCUT2D eigenvalue weighted by Crippen LogP contribution is -2.12. The van der Waals surface area contributed by atoms with Gasteiger partial charge in [0.25, 0.3) is 0 Å².